The maximum atomic E-state index is 11.9. The van der Waals surface area contributed by atoms with Crippen LogP contribution in [0.2, 0.25) is 0 Å². The minimum Gasteiger partial charge on any atom is -0.475 e. The Labute approximate surface area is 212 Å². The Kier molecular flexibility index (Phi) is 10.3. The second kappa shape index (κ2) is 12.7. The number of aromatic nitrogens is 4. The van der Waals surface area contributed by atoms with Crippen molar-refractivity contribution >= 4 is 17.8 Å². The van der Waals surface area contributed by atoms with Gasteiger partial charge >= 0.3 is 24.3 Å². The Morgan fingerprint density at radius 3 is 2.05 bits per heavy atom. The lowest BCUT2D eigenvalue weighted by molar-refractivity contribution is -0.193. The molecule has 2 aliphatic rings. The number of aliphatic carboxylic acids is 2. The fourth-order valence-electron chi connectivity index (χ4n) is 3.71. The number of imidazole rings is 1. The summed E-state index contributed by atoms with van der Waals surface area (Å²) in [5.74, 6) is -5.25. The molecule has 0 saturated carbocycles. The molecule has 17 heteroatoms. The van der Waals surface area contributed by atoms with E-state index in [4.69, 9.17) is 19.8 Å². The summed E-state index contributed by atoms with van der Waals surface area (Å²) in [5.41, 5.74) is 3.56. The number of hydrogen-bond donors (Lipinski definition) is 2. The maximum Gasteiger partial charge on any atom is 0.490 e. The average Bonchev–Trinajstić information content (AvgIpc) is 3.46. The summed E-state index contributed by atoms with van der Waals surface area (Å²) in [7, 11) is 1.95. The first kappa shape index (κ1) is 30.6. The van der Waals surface area contributed by atoms with Gasteiger partial charge in [0.05, 0.1) is 30.5 Å². The molecule has 212 valence electrons. The fourth-order valence-corrected chi connectivity index (χ4v) is 3.71. The van der Waals surface area contributed by atoms with Crippen molar-refractivity contribution in [1.82, 2.24) is 29.1 Å². The predicted octanol–water partition coefficient (Wildman–Crippen LogP) is 2.41. The first-order valence-electron chi connectivity index (χ1n) is 11.2. The second-order valence-corrected chi connectivity index (χ2v) is 8.44. The number of nitrogens with zero attached hydrogens (tertiary/aromatic N) is 6. The summed E-state index contributed by atoms with van der Waals surface area (Å²) in [6.07, 6.45) is -1.44. The SMILES string of the molecule is Cn1cc(CN2CCCn3cnc(CN4CCCC4=O)c3C2)cn1.O=C(O)C(F)(F)F.O=C(O)C(F)(F)F. The van der Waals surface area contributed by atoms with Crippen molar-refractivity contribution in [2.24, 2.45) is 7.05 Å². The van der Waals surface area contributed by atoms with Crippen LogP contribution in [0.15, 0.2) is 18.7 Å². The fraction of sp³-hybridized carbons (Fsp3) is 0.571. The highest BCUT2D eigenvalue weighted by molar-refractivity contribution is 5.78. The van der Waals surface area contributed by atoms with E-state index in [1.807, 2.05) is 29.2 Å². The van der Waals surface area contributed by atoms with E-state index in [0.717, 1.165) is 51.3 Å². The second-order valence-electron chi connectivity index (χ2n) is 8.44. The van der Waals surface area contributed by atoms with E-state index in [2.05, 4.69) is 25.7 Å². The summed E-state index contributed by atoms with van der Waals surface area (Å²) in [4.78, 5) is 38.7. The third-order valence-corrected chi connectivity index (χ3v) is 5.44. The molecule has 38 heavy (non-hydrogen) atoms. The highest BCUT2D eigenvalue weighted by atomic mass is 19.4. The molecule has 0 unspecified atom stereocenters. The van der Waals surface area contributed by atoms with Crippen molar-refractivity contribution < 1.29 is 50.9 Å². The van der Waals surface area contributed by atoms with Gasteiger partial charge in [-0.05, 0) is 12.8 Å². The van der Waals surface area contributed by atoms with Crippen LogP contribution >= 0.6 is 0 Å². The lowest BCUT2D eigenvalue weighted by Crippen LogP contribution is -2.26. The quantitative estimate of drug-likeness (QED) is 0.549. The third-order valence-electron chi connectivity index (χ3n) is 5.44. The van der Waals surface area contributed by atoms with Crippen molar-refractivity contribution in [2.45, 2.75) is 57.8 Å². The van der Waals surface area contributed by atoms with Crippen molar-refractivity contribution in [3.8, 4) is 0 Å². The molecule has 2 aromatic heterocycles. The normalized spacial score (nSPS) is 16.1. The van der Waals surface area contributed by atoms with Crippen molar-refractivity contribution in [3.63, 3.8) is 0 Å². The molecule has 2 aromatic rings. The predicted molar refractivity (Wildman–Crippen MR) is 116 cm³/mol. The summed E-state index contributed by atoms with van der Waals surface area (Å²) < 4.78 is 67.6. The first-order valence-corrected chi connectivity index (χ1v) is 11.2. The van der Waals surface area contributed by atoms with Crippen LogP contribution in [0.4, 0.5) is 26.3 Å². The number of carboxylic acid groups (broad SMARTS) is 2. The zero-order chi connectivity index (χ0) is 28.7. The number of hydrogen-bond acceptors (Lipinski definition) is 6. The highest BCUT2D eigenvalue weighted by Crippen LogP contribution is 2.21. The van der Waals surface area contributed by atoms with Crippen molar-refractivity contribution in [1.29, 1.82) is 0 Å². The Morgan fingerprint density at radius 1 is 0.974 bits per heavy atom. The number of aryl methyl sites for hydroxylation is 2. The van der Waals surface area contributed by atoms with Gasteiger partial charge < -0.3 is 19.7 Å². The molecule has 2 N–H and O–H groups in total. The number of rotatable bonds is 4. The van der Waals surface area contributed by atoms with Gasteiger partial charge in [-0.1, -0.05) is 0 Å². The number of fused-ring (bicyclic) bond motifs is 1. The summed E-state index contributed by atoms with van der Waals surface area (Å²) in [5, 5.41) is 18.5. The number of carbonyl (C=O) groups is 3. The zero-order valence-electron chi connectivity index (χ0n) is 20.2. The molecule has 4 heterocycles. The van der Waals surface area contributed by atoms with Crippen LogP contribution in [0.25, 0.3) is 0 Å². The monoisotopic (exact) mass is 556 g/mol. The van der Waals surface area contributed by atoms with E-state index in [9.17, 15) is 31.1 Å². The third kappa shape index (κ3) is 9.35. The minimum atomic E-state index is -5.08. The number of alkyl halides is 6. The van der Waals surface area contributed by atoms with Crippen LogP contribution < -0.4 is 0 Å². The Morgan fingerprint density at radius 2 is 1.58 bits per heavy atom. The Balaban J connectivity index is 0.000000301. The Hall–Kier alpha value is -3.63. The minimum absolute atomic E-state index is 0.262. The lowest BCUT2D eigenvalue weighted by Gasteiger charge is -2.20. The maximum absolute atomic E-state index is 11.9. The largest absolute Gasteiger partial charge is 0.490 e. The van der Waals surface area contributed by atoms with Gasteiger partial charge in [0.15, 0.2) is 0 Å². The highest BCUT2D eigenvalue weighted by Gasteiger charge is 2.38. The van der Waals surface area contributed by atoms with Crippen molar-refractivity contribution in [3.05, 3.63) is 35.7 Å². The summed E-state index contributed by atoms with van der Waals surface area (Å²) >= 11 is 0. The average molecular weight is 556 g/mol. The van der Waals surface area contributed by atoms with Crippen LogP contribution in [0.1, 0.15) is 36.2 Å². The number of likely N-dealkylation sites (tertiary alicyclic amines) is 1. The molecular weight excluding hydrogens is 530 g/mol. The van der Waals surface area contributed by atoms with Crippen LogP contribution in [0, 0.1) is 0 Å². The van der Waals surface area contributed by atoms with Gasteiger partial charge in [-0.3, -0.25) is 14.4 Å². The molecule has 1 amide bonds. The smallest absolute Gasteiger partial charge is 0.475 e. The van der Waals surface area contributed by atoms with Gasteiger partial charge in [-0.2, -0.15) is 31.4 Å². The number of amides is 1. The molecule has 1 fully saturated rings. The topological polar surface area (TPSA) is 134 Å². The van der Waals surface area contributed by atoms with Crippen LogP contribution in [-0.2, 0) is 47.6 Å². The molecule has 0 radical (unpaired) electrons. The van der Waals surface area contributed by atoms with E-state index in [-0.39, 0.29) is 5.91 Å². The van der Waals surface area contributed by atoms with E-state index in [1.54, 1.807) is 0 Å². The summed E-state index contributed by atoms with van der Waals surface area (Å²) in [6.45, 7) is 5.37. The molecular formula is C21H26F6N6O5. The van der Waals surface area contributed by atoms with Gasteiger partial charge in [0.1, 0.15) is 0 Å². The van der Waals surface area contributed by atoms with E-state index in [1.165, 1.54) is 11.3 Å². The molecule has 0 bridgehead atoms. The molecule has 0 aliphatic carbocycles. The van der Waals surface area contributed by atoms with E-state index >= 15 is 0 Å². The van der Waals surface area contributed by atoms with Gasteiger partial charge in [0.25, 0.3) is 0 Å². The lowest BCUT2D eigenvalue weighted by atomic mass is 10.2. The van der Waals surface area contributed by atoms with Crippen LogP contribution in [-0.4, -0.2) is 82.6 Å². The summed E-state index contributed by atoms with van der Waals surface area (Å²) in [6, 6.07) is 0. The van der Waals surface area contributed by atoms with E-state index in [0.29, 0.717) is 13.0 Å². The molecule has 0 aromatic carbocycles. The molecule has 4 rings (SSSR count). The van der Waals surface area contributed by atoms with Crippen LogP contribution in [0.5, 0.6) is 0 Å². The van der Waals surface area contributed by atoms with Gasteiger partial charge in [-0.15, -0.1) is 0 Å². The zero-order valence-corrected chi connectivity index (χ0v) is 20.2. The molecule has 0 atom stereocenters. The van der Waals surface area contributed by atoms with E-state index < -0.39 is 24.3 Å². The number of halogens is 6. The standard InChI is InChI=1S/C17H24N6O.2C2HF3O2/c1-20-9-14(8-19-20)10-21-5-3-7-23-13-18-15(16(23)12-21)11-22-6-2-4-17(22)24;2*3-2(4,5)1(6)7/h8-9,13H,2-7,10-12H2,1H3;2*(H,6,7). The molecule has 0 spiro atoms. The number of carboxylic acids is 2. The van der Waals surface area contributed by atoms with Gasteiger partial charge in [0.2, 0.25) is 5.91 Å². The van der Waals surface area contributed by atoms with Gasteiger partial charge in [-0.25, -0.2) is 14.6 Å². The van der Waals surface area contributed by atoms with Crippen LogP contribution in [0.3, 0.4) is 0 Å². The Bertz CT molecular complexity index is 1090. The molecule has 11 nitrogen and oxygen atoms in total. The molecule has 1 saturated heterocycles. The van der Waals surface area contributed by atoms with Gasteiger partial charge in [0, 0.05) is 58.0 Å². The number of carbonyl (C=O) groups excluding carboxylic acids is 1. The van der Waals surface area contributed by atoms with Crippen molar-refractivity contribution in [2.75, 3.05) is 13.1 Å². The first-order chi connectivity index (χ1) is 17.6. The molecule has 2 aliphatic heterocycles.